The molecular formula is C17H19F3N2O. The number of carbonyl (C=O) groups is 1. The molecule has 0 spiro atoms. The summed E-state index contributed by atoms with van der Waals surface area (Å²) in [5.74, 6) is -0.174. The Morgan fingerprint density at radius 2 is 1.78 bits per heavy atom. The zero-order valence-corrected chi connectivity index (χ0v) is 13.3. The number of H-pyrrole nitrogens is 1. The van der Waals surface area contributed by atoms with Crippen molar-refractivity contribution in [2.24, 2.45) is 0 Å². The third kappa shape index (κ3) is 3.75. The summed E-state index contributed by atoms with van der Waals surface area (Å²) in [5, 5.41) is 2.74. The predicted molar refractivity (Wildman–Crippen MR) is 82.5 cm³/mol. The van der Waals surface area contributed by atoms with Crippen molar-refractivity contribution < 1.29 is 18.0 Å². The molecule has 3 nitrogen and oxygen atoms in total. The fourth-order valence-electron chi connectivity index (χ4n) is 2.55. The second-order valence-electron chi connectivity index (χ2n) is 5.46. The van der Waals surface area contributed by atoms with Crippen LogP contribution in [0.2, 0.25) is 0 Å². The highest BCUT2D eigenvalue weighted by atomic mass is 19.4. The summed E-state index contributed by atoms with van der Waals surface area (Å²) in [6.07, 6.45) is -3.85. The molecule has 1 aromatic carbocycles. The highest BCUT2D eigenvalue weighted by Gasteiger charge is 2.30. The van der Waals surface area contributed by atoms with Gasteiger partial charge in [0.15, 0.2) is 0 Å². The number of hydrogen-bond acceptors (Lipinski definition) is 1. The number of rotatable bonds is 4. The Morgan fingerprint density at radius 3 is 2.30 bits per heavy atom. The third-order valence-corrected chi connectivity index (χ3v) is 3.82. The van der Waals surface area contributed by atoms with Crippen LogP contribution >= 0.6 is 0 Å². The first-order chi connectivity index (χ1) is 10.7. The third-order valence-electron chi connectivity index (χ3n) is 3.82. The molecule has 0 atom stereocenters. The van der Waals surface area contributed by atoms with E-state index in [0.717, 1.165) is 34.5 Å². The SMILES string of the molecule is CCNC(=O)c1[nH]c(C)c(Cc2ccc(C(F)(F)F)cc2)c1C. The van der Waals surface area contributed by atoms with Crippen LogP contribution in [0.25, 0.3) is 0 Å². The summed E-state index contributed by atoms with van der Waals surface area (Å²) in [5.41, 5.74) is 3.23. The Hall–Kier alpha value is -2.24. The normalized spacial score (nSPS) is 11.6. The molecule has 0 aliphatic heterocycles. The summed E-state index contributed by atoms with van der Waals surface area (Å²) < 4.78 is 37.8. The van der Waals surface area contributed by atoms with Gasteiger partial charge in [-0.1, -0.05) is 12.1 Å². The van der Waals surface area contributed by atoms with E-state index in [1.165, 1.54) is 12.1 Å². The number of nitrogens with one attached hydrogen (secondary N) is 2. The monoisotopic (exact) mass is 324 g/mol. The molecule has 0 radical (unpaired) electrons. The second-order valence-corrected chi connectivity index (χ2v) is 5.46. The standard InChI is InChI=1S/C17H19F3N2O/c1-4-21-16(23)15-10(2)14(11(3)22-15)9-12-5-7-13(8-6-12)17(18,19)20/h5-8,22H,4,9H2,1-3H3,(H,21,23). The van der Waals surface area contributed by atoms with Crippen LogP contribution in [-0.4, -0.2) is 17.4 Å². The van der Waals surface area contributed by atoms with Crippen molar-refractivity contribution >= 4 is 5.91 Å². The Balaban J connectivity index is 2.25. The van der Waals surface area contributed by atoms with Crippen molar-refractivity contribution in [3.63, 3.8) is 0 Å². The van der Waals surface area contributed by atoms with Crippen molar-refractivity contribution in [3.8, 4) is 0 Å². The highest BCUT2D eigenvalue weighted by molar-refractivity contribution is 5.94. The number of aryl methyl sites for hydroxylation is 1. The second kappa shape index (κ2) is 6.48. The number of carbonyl (C=O) groups excluding carboxylic acids is 1. The van der Waals surface area contributed by atoms with Crippen LogP contribution in [0.5, 0.6) is 0 Å². The molecule has 23 heavy (non-hydrogen) atoms. The molecule has 2 rings (SSSR count). The quantitative estimate of drug-likeness (QED) is 0.877. The lowest BCUT2D eigenvalue weighted by Gasteiger charge is -2.08. The molecule has 0 saturated carbocycles. The Kier molecular flexibility index (Phi) is 4.82. The smallest absolute Gasteiger partial charge is 0.354 e. The molecule has 0 aliphatic carbocycles. The van der Waals surface area contributed by atoms with Gasteiger partial charge in [-0.05, 0) is 56.0 Å². The Labute approximate surface area is 132 Å². The number of aromatic amines is 1. The van der Waals surface area contributed by atoms with Gasteiger partial charge in [-0.3, -0.25) is 4.79 Å². The van der Waals surface area contributed by atoms with Crippen LogP contribution < -0.4 is 5.32 Å². The van der Waals surface area contributed by atoms with Crippen molar-refractivity contribution in [3.05, 3.63) is 57.9 Å². The van der Waals surface area contributed by atoms with E-state index >= 15 is 0 Å². The number of aromatic nitrogens is 1. The molecule has 0 aliphatic rings. The molecule has 0 bridgehead atoms. The van der Waals surface area contributed by atoms with Crippen LogP contribution in [0.1, 0.15) is 45.4 Å². The minimum atomic E-state index is -4.33. The molecule has 6 heteroatoms. The highest BCUT2D eigenvalue weighted by Crippen LogP contribution is 2.30. The van der Waals surface area contributed by atoms with Gasteiger partial charge in [0.1, 0.15) is 5.69 Å². The van der Waals surface area contributed by atoms with Crippen molar-refractivity contribution in [2.45, 2.75) is 33.4 Å². The van der Waals surface area contributed by atoms with Crippen LogP contribution in [0.15, 0.2) is 24.3 Å². The average Bonchev–Trinajstić information content (AvgIpc) is 2.75. The minimum absolute atomic E-state index is 0.174. The number of halogens is 3. The topological polar surface area (TPSA) is 44.9 Å². The first-order valence-corrected chi connectivity index (χ1v) is 7.36. The maximum atomic E-state index is 12.6. The van der Waals surface area contributed by atoms with Gasteiger partial charge in [0.2, 0.25) is 0 Å². The van der Waals surface area contributed by atoms with E-state index in [1.807, 2.05) is 20.8 Å². The number of alkyl halides is 3. The molecule has 0 unspecified atom stereocenters. The van der Waals surface area contributed by atoms with Crippen molar-refractivity contribution in [1.29, 1.82) is 0 Å². The van der Waals surface area contributed by atoms with Crippen molar-refractivity contribution in [2.75, 3.05) is 6.54 Å². The zero-order chi connectivity index (χ0) is 17.2. The number of amides is 1. The molecule has 1 aromatic heterocycles. The Bertz CT molecular complexity index is 700. The van der Waals surface area contributed by atoms with Crippen LogP contribution in [0.4, 0.5) is 13.2 Å². The first-order valence-electron chi connectivity index (χ1n) is 7.36. The molecule has 1 heterocycles. The average molecular weight is 324 g/mol. The van der Waals surface area contributed by atoms with Gasteiger partial charge in [0.05, 0.1) is 5.56 Å². The Morgan fingerprint density at radius 1 is 1.17 bits per heavy atom. The van der Waals surface area contributed by atoms with Crippen LogP contribution in [0, 0.1) is 13.8 Å². The summed E-state index contributed by atoms with van der Waals surface area (Å²) in [7, 11) is 0. The zero-order valence-electron chi connectivity index (χ0n) is 13.3. The minimum Gasteiger partial charge on any atom is -0.354 e. The molecule has 124 valence electrons. The van der Waals surface area contributed by atoms with E-state index in [-0.39, 0.29) is 5.91 Å². The van der Waals surface area contributed by atoms with Gasteiger partial charge < -0.3 is 10.3 Å². The molecular weight excluding hydrogens is 305 g/mol. The maximum absolute atomic E-state index is 12.6. The van der Waals surface area contributed by atoms with Gasteiger partial charge in [-0.2, -0.15) is 13.2 Å². The van der Waals surface area contributed by atoms with E-state index in [9.17, 15) is 18.0 Å². The predicted octanol–water partition coefficient (Wildman–Crippen LogP) is 3.99. The lowest BCUT2D eigenvalue weighted by Crippen LogP contribution is -2.23. The van der Waals surface area contributed by atoms with Crippen molar-refractivity contribution in [1.82, 2.24) is 10.3 Å². The van der Waals surface area contributed by atoms with Crippen LogP contribution in [-0.2, 0) is 12.6 Å². The van der Waals surface area contributed by atoms with Gasteiger partial charge >= 0.3 is 6.18 Å². The lowest BCUT2D eigenvalue weighted by atomic mass is 10.00. The van der Waals surface area contributed by atoms with Gasteiger partial charge in [-0.25, -0.2) is 0 Å². The van der Waals surface area contributed by atoms with Gasteiger partial charge in [0, 0.05) is 12.2 Å². The molecule has 1 amide bonds. The maximum Gasteiger partial charge on any atom is 0.416 e. The summed E-state index contributed by atoms with van der Waals surface area (Å²) >= 11 is 0. The lowest BCUT2D eigenvalue weighted by molar-refractivity contribution is -0.137. The summed E-state index contributed by atoms with van der Waals surface area (Å²) in [6.45, 7) is 6.07. The van der Waals surface area contributed by atoms with Gasteiger partial charge in [-0.15, -0.1) is 0 Å². The first kappa shape index (κ1) is 17.1. The van der Waals surface area contributed by atoms with E-state index in [0.29, 0.717) is 18.7 Å². The molecule has 2 N–H and O–H groups in total. The molecule has 2 aromatic rings. The van der Waals surface area contributed by atoms with E-state index < -0.39 is 11.7 Å². The van der Waals surface area contributed by atoms with E-state index in [2.05, 4.69) is 10.3 Å². The fourth-order valence-corrected chi connectivity index (χ4v) is 2.55. The van der Waals surface area contributed by atoms with E-state index in [4.69, 9.17) is 0 Å². The fraction of sp³-hybridized carbons (Fsp3) is 0.353. The number of hydrogen-bond donors (Lipinski definition) is 2. The largest absolute Gasteiger partial charge is 0.416 e. The summed E-state index contributed by atoms with van der Waals surface area (Å²) in [6, 6.07) is 5.11. The molecule has 0 fully saturated rings. The van der Waals surface area contributed by atoms with Crippen LogP contribution in [0.3, 0.4) is 0 Å². The van der Waals surface area contributed by atoms with E-state index in [1.54, 1.807) is 0 Å². The number of benzene rings is 1. The summed E-state index contributed by atoms with van der Waals surface area (Å²) in [4.78, 5) is 15.0. The molecule has 0 saturated heterocycles. The van der Waals surface area contributed by atoms with Gasteiger partial charge in [0.25, 0.3) is 5.91 Å².